The zero-order valence-corrected chi connectivity index (χ0v) is 14.5. The van der Waals surface area contributed by atoms with Gasteiger partial charge < -0.3 is 4.74 Å². The van der Waals surface area contributed by atoms with E-state index >= 15 is 0 Å². The molecule has 0 saturated carbocycles. The predicted molar refractivity (Wildman–Crippen MR) is 94.8 cm³/mol. The van der Waals surface area contributed by atoms with Crippen LogP contribution in [0.2, 0.25) is 0 Å². The van der Waals surface area contributed by atoms with Gasteiger partial charge in [0.05, 0.1) is 12.0 Å². The van der Waals surface area contributed by atoms with Crippen molar-refractivity contribution in [3.05, 3.63) is 42.0 Å². The number of esters is 1. The summed E-state index contributed by atoms with van der Waals surface area (Å²) in [5, 5.41) is 3.60. The van der Waals surface area contributed by atoms with Gasteiger partial charge in [0.1, 0.15) is 21.4 Å². The molecule has 0 aliphatic heterocycles. The number of nitrogens with zero attached hydrogens (tertiary/aromatic N) is 2. The number of carbonyl (C=O) groups is 1. The first-order chi connectivity index (χ1) is 11.2. The minimum atomic E-state index is -0.309. The van der Waals surface area contributed by atoms with E-state index in [0.717, 1.165) is 26.4 Å². The number of hydrogen-bond acceptors (Lipinski definition) is 6. The number of ether oxygens (including phenoxy) is 1. The molecule has 23 heavy (non-hydrogen) atoms. The summed E-state index contributed by atoms with van der Waals surface area (Å²) in [5.74, 6) is -0.222. The molecule has 0 radical (unpaired) electrons. The molecule has 0 unspecified atom stereocenters. The topological polar surface area (TPSA) is 52.1 Å². The van der Waals surface area contributed by atoms with E-state index in [0.29, 0.717) is 6.61 Å². The van der Waals surface area contributed by atoms with Crippen molar-refractivity contribution in [1.29, 1.82) is 0 Å². The summed E-state index contributed by atoms with van der Waals surface area (Å²) in [5.41, 5.74) is 2.23. The fraction of sp³-hybridized carbons (Fsp3) is 0.235. The van der Waals surface area contributed by atoms with E-state index in [4.69, 9.17) is 4.74 Å². The van der Waals surface area contributed by atoms with E-state index in [9.17, 15) is 4.79 Å². The molecule has 0 N–H and O–H groups in total. The molecular weight excluding hydrogens is 328 g/mol. The van der Waals surface area contributed by atoms with Crippen molar-refractivity contribution in [3.63, 3.8) is 0 Å². The van der Waals surface area contributed by atoms with Crippen LogP contribution >= 0.6 is 23.1 Å². The van der Waals surface area contributed by atoms with E-state index in [1.807, 2.05) is 32.0 Å². The third-order valence-electron chi connectivity index (χ3n) is 3.33. The summed E-state index contributed by atoms with van der Waals surface area (Å²) in [6.07, 6.45) is 1.55. The fourth-order valence-corrected chi connectivity index (χ4v) is 4.15. The third-order valence-corrected chi connectivity index (χ3v) is 5.29. The zero-order chi connectivity index (χ0) is 16.2. The Morgan fingerprint density at radius 2 is 2.09 bits per heavy atom. The largest absolute Gasteiger partial charge is 0.465 e. The van der Waals surface area contributed by atoms with Crippen molar-refractivity contribution < 1.29 is 9.53 Å². The lowest BCUT2D eigenvalue weighted by atomic mass is 10.1. The van der Waals surface area contributed by atoms with Gasteiger partial charge in [-0.2, -0.15) is 0 Å². The van der Waals surface area contributed by atoms with Crippen LogP contribution in [0.15, 0.2) is 47.1 Å². The fourth-order valence-electron chi connectivity index (χ4n) is 2.24. The van der Waals surface area contributed by atoms with Crippen molar-refractivity contribution in [3.8, 4) is 11.1 Å². The van der Waals surface area contributed by atoms with Crippen LogP contribution in [0.3, 0.4) is 0 Å². The number of hydrogen-bond donors (Lipinski definition) is 0. The molecule has 0 amide bonds. The maximum absolute atomic E-state index is 11.9. The van der Waals surface area contributed by atoms with Crippen LogP contribution in [0.1, 0.15) is 13.8 Å². The highest BCUT2D eigenvalue weighted by Gasteiger charge is 2.20. The number of benzene rings is 1. The predicted octanol–water partition coefficient (Wildman–Crippen LogP) is 4.40. The Morgan fingerprint density at radius 1 is 1.30 bits per heavy atom. The molecule has 118 valence electrons. The molecule has 0 bridgehead atoms. The lowest BCUT2D eigenvalue weighted by molar-refractivity contribution is -0.142. The molecule has 0 aliphatic rings. The van der Waals surface area contributed by atoms with E-state index in [1.165, 1.54) is 11.8 Å². The molecule has 1 atom stereocenters. The van der Waals surface area contributed by atoms with Gasteiger partial charge in [-0.15, -0.1) is 11.3 Å². The quantitative estimate of drug-likeness (QED) is 0.390. The van der Waals surface area contributed by atoms with Gasteiger partial charge in [-0.1, -0.05) is 42.1 Å². The number of thioether (sulfide) groups is 1. The Hall–Kier alpha value is -1.92. The summed E-state index contributed by atoms with van der Waals surface area (Å²) in [7, 11) is 0. The highest BCUT2D eigenvalue weighted by atomic mass is 32.2. The van der Waals surface area contributed by atoms with Gasteiger partial charge in [-0.05, 0) is 19.4 Å². The maximum atomic E-state index is 11.9. The Morgan fingerprint density at radius 3 is 2.83 bits per heavy atom. The van der Waals surface area contributed by atoms with Crippen LogP contribution in [-0.2, 0) is 9.53 Å². The second kappa shape index (κ2) is 7.10. The molecule has 1 aromatic carbocycles. The Bertz CT molecular complexity index is 818. The molecule has 3 rings (SSSR count). The van der Waals surface area contributed by atoms with Crippen LogP contribution in [-0.4, -0.2) is 27.8 Å². The first-order valence-corrected chi connectivity index (χ1v) is 9.07. The summed E-state index contributed by atoms with van der Waals surface area (Å²) >= 11 is 3.00. The lowest BCUT2D eigenvalue weighted by Gasteiger charge is -2.10. The number of aromatic nitrogens is 2. The SMILES string of the molecule is CCOC(=O)[C@H](C)Sc1ncnc2scc(-c3ccccc3)c12. The van der Waals surface area contributed by atoms with Crippen molar-refractivity contribution in [2.45, 2.75) is 24.1 Å². The van der Waals surface area contributed by atoms with Crippen LogP contribution in [0.5, 0.6) is 0 Å². The molecule has 3 aromatic rings. The number of thiophene rings is 1. The van der Waals surface area contributed by atoms with Crippen molar-refractivity contribution in [2.75, 3.05) is 6.61 Å². The Labute approximate surface area is 142 Å². The van der Waals surface area contributed by atoms with E-state index in [2.05, 4.69) is 27.5 Å². The molecule has 0 aliphatic carbocycles. The second-order valence-electron chi connectivity index (χ2n) is 4.89. The van der Waals surface area contributed by atoms with Crippen LogP contribution in [0.25, 0.3) is 21.3 Å². The third kappa shape index (κ3) is 3.38. The molecule has 0 saturated heterocycles. The highest BCUT2D eigenvalue weighted by Crippen LogP contribution is 2.38. The summed E-state index contributed by atoms with van der Waals surface area (Å²) in [6, 6.07) is 10.1. The molecule has 2 aromatic heterocycles. The average molecular weight is 344 g/mol. The number of fused-ring (bicyclic) bond motifs is 1. The number of rotatable bonds is 5. The molecule has 0 fully saturated rings. The van der Waals surface area contributed by atoms with Gasteiger partial charge in [-0.25, -0.2) is 9.97 Å². The van der Waals surface area contributed by atoms with Crippen molar-refractivity contribution in [1.82, 2.24) is 9.97 Å². The monoisotopic (exact) mass is 344 g/mol. The lowest BCUT2D eigenvalue weighted by Crippen LogP contribution is -2.16. The van der Waals surface area contributed by atoms with Gasteiger partial charge >= 0.3 is 5.97 Å². The molecule has 6 heteroatoms. The van der Waals surface area contributed by atoms with Crippen LogP contribution < -0.4 is 0 Å². The van der Waals surface area contributed by atoms with E-state index in [-0.39, 0.29) is 11.2 Å². The van der Waals surface area contributed by atoms with Gasteiger partial charge in [-0.3, -0.25) is 4.79 Å². The Kier molecular flexibility index (Phi) is 4.93. The smallest absolute Gasteiger partial charge is 0.319 e. The summed E-state index contributed by atoms with van der Waals surface area (Å²) < 4.78 is 5.08. The van der Waals surface area contributed by atoms with E-state index < -0.39 is 0 Å². The maximum Gasteiger partial charge on any atom is 0.319 e. The molecule has 0 spiro atoms. The highest BCUT2D eigenvalue weighted by molar-refractivity contribution is 8.00. The zero-order valence-electron chi connectivity index (χ0n) is 12.9. The Balaban J connectivity index is 2.01. The van der Waals surface area contributed by atoms with E-state index in [1.54, 1.807) is 17.7 Å². The van der Waals surface area contributed by atoms with Crippen LogP contribution in [0, 0.1) is 0 Å². The average Bonchev–Trinajstić information content (AvgIpc) is 3.01. The standard InChI is InChI=1S/C17H16N2O2S2/c1-3-21-17(20)11(2)23-16-14-13(12-7-5-4-6-8-12)9-22-15(14)18-10-19-16/h4-11H,3H2,1-2H3/t11-/m0/s1. The number of carbonyl (C=O) groups excluding carboxylic acids is 1. The van der Waals surface area contributed by atoms with Crippen LogP contribution in [0.4, 0.5) is 0 Å². The molecule has 4 nitrogen and oxygen atoms in total. The minimum absolute atomic E-state index is 0.222. The second-order valence-corrected chi connectivity index (χ2v) is 7.07. The first-order valence-electron chi connectivity index (χ1n) is 7.31. The van der Waals surface area contributed by atoms with Crippen molar-refractivity contribution in [2.24, 2.45) is 0 Å². The minimum Gasteiger partial charge on any atom is -0.465 e. The van der Waals surface area contributed by atoms with Gasteiger partial charge in [0.25, 0.3) is 0 Å². The van der Waals surface area contributed by atoms with Gasteiger partial charge in [0.15, 0.2) is 0 Å². The summed E-state index contributed by atoms with van der Waals surface area (Å²) in [4.78, 5) is 21.6. The first kappa shape index (κ1) is 16.0. The molecule has 2 heterocycles. The van der Waals surface area contributed by atoms with Gasteiger partial charge in [0, 0.05) is 10.9 Å². The van der Waals surface area contributed by atoms with Gasteiger partial charge in [0.2, 0.25) is 0 Å². The normalized spacial score (nSPS) is 12.3. The molecular formula is C17H16N2O2S2. The summed E-state index contributed by atoms with van der Waals surface area (Å²) in [6.45, 7) is 4.03. The van der Waals surface area contributed by atoms with Crippen molar-refractivity contribution >= 4 is 39.3 Å².